The molecule has 0 saturated heterocycles. The van der Waals surface area contributed by atoms with Crippen molar-refractivity contribution in [1.82, 2.24) is 19.9 Å². The Morgan fingerprint density at radius 3 is 1.14 bits per heavy atom. The molecule has 0 N–H and O–H groups in total. The average Bonchev–Trinajstić information content (AvgIpc) is 3.38. The molecule has 4 nitrogen and oxygen atoms in total. The van der Waals surface area contributed by atoms with Crippen LogP contribution in [0.25, 0.3) is 33.9 Å². The smallest absolute Gasteiger partial charge is 0.159 e. The Labute approximate surface area is 255 Å². The molecule has 0 atom stereocenters. The summed E-state index contributed by atoms with van der Waals surface area (Å²) in [7, 11) is 0. The summed E-state index contributed by atoms with van der Waals surface area (Å²) in [5.74, 6) is 1.45. The van der Waals surface area contributed by atoms with Crippen molar-refractivity contribution in [2.24, 2.45) is 0 Å². The third kappa shape index (κ3) is 5.25. The van der Waals surface area contributed by atoms with E-state index >= 15 is 0 Å². The summed E-state index contributed by atoms with van der Waals surface area (Å²) in [5, 5.41) is 0. The SMILES string of the molecule is CC.CC.Cc1cnc(-c2ccc3c(c2)C(c2ccccc2)(c2ccccc2)c2cc(-c4ncc(C)cn4)ccc2-3)nc1. The van der Waals surface area contributed by atoms with Crippen LogP contribution in [-0.2, 0) is 5.41 Å². The molecule has 6 aromatic rings. The Hall–Kier alpha value is -4.96. The van der Waals surface area contributed by atoms with Crippen LogP contribution in [0.2, 0.25) is 0 Å². The zero-order valence-electron chi connectivity index (χ0n) is 25.8. The predicted octanol–water partition coefficient (Wildman–Crippen LogP) is 9.63. The minimum atomic E-state index is -0.533. The van der Waals surface area contributed by atoms with Gasteiger partial charge in [-0.2, -0.15) is 0 Å². The first-order chi connectivity index (χ1) is 21.1. The van der Waals surface area contributed by atoms with E-state index in [9.17, 15) is 0 Å². The number of aromatic nitrogens is 4. The van der Waals surface area contributed by atoms with E-state index in [0.29, 0.717) is 0 Å². The average molecular weight is 563 g/mol. The molecule has 4 aromatic carbocycles. The molecule has 0 radical (unpaired) electrons. The largest absolute Gasteiger partial charge is 0.236 e. The number of hydrogen-bond acceptors (Lipinski definition) is 4. The van der Waals surface area contributed by atoms with E-state index < -0.39 is 5.41 Å². The molecule has 2 heterocycles. The molecule has 7 rings (SSSR count). The second-order valence-corrected chi connectivity index (χ2v) is 10.2. The van der Waals surface area contributed by atoms with Crippen molar-refractivity contribution in [3.05, 3.63) is 155 Å². The van der Waals surface area contributed by atoms with Crippen LogP contribution in [0.4, 0.5) is 0 Å². The van der Waals surface area contributed by atoms with Crippen LogP contribution in [0, 0.1) is 13.8 Å². The number of hydrogen-bond donors (Lipinski definition) is 0. The lowest BCUT2D eigenvalue weighted by molar-refractivity contribution is 0.768. The summed E-state index contributed by atoms with van der Waals surface area (Å²) < 4.78 is 0. The molecule has 2 aromatic heterocycles. The summed E-state index contributed by atoms with van der Waals surface area (Å²) >= 11 is 0. The van der Waals surface area contributed by atoms with E-state index in [1.54, 1.807) is 0 Å². The van der Waals surface area contributed by atoms with Gasteiger partial charge in [0, 0.05) is 35.9 Å². The van der Waals surface area contributed by atoms with E-state index in [0.717, 1.165) is 33.9 Å². The summed E-state index contributed by atoms with van der Waals surface area (Å²) in [4.78, 5) is 18.6. The Balaban J connectivity index is 0.000000885. The van der Waals surface area contributed by atoms with E-state index in [1.165, 1.54) is 33.4 Å². The molecule has 1 aliphatic carbocycles. The molecule has 214 valence electrons. The molecule has 0 fully saturated rings. The third-order valence-electron chi connectivity index (χ3n) is 7.63. The second-order valence-electron chi connectivity index (χ2n) is 10.2. The van der Waals surface area contributed by atoms with Gasteiger partial charge in [-0.05, 0) is 70.5 Å². The van der Waals surface area contributed by atoms with E-state index in [2.05, 4.69) is 117 Å². The Kier molecular flexibility index (Phi) is 8.87. The minimum absolute atomic E-state index is 0.533. The molecule has 0 aliphatic heterocycles. The van der Waals surface area contributed by atoms with Gasteiger partial charge in [0.2, 0.25) is 0 Å². The highest BCUT2D eigenvalue weighted by atomic mass is 14.9. The number of nitrogens with zero attached hydrogens (tertiary/aromatic N) is 4. The van der Waals surface area contributed by atoms with Crippen molar-refractivity contribution < 1.29 is 0 Å². The lowest BCUT2D eigenvalue weighted by Gasteiger charge is -2.34. The van der Waals surface area contributed by atoms with Crippen molar-refractivity contribution in [2.75, 3.05) is 0 Å². The zero-order valence-corrected chi connectivity index (χ0v) is 25.8. The Morgan fingerprint density at radius 1 is 0.442 bits per heavy atom. The van der Waals surface area contributed by atoms with E-state index in [4.69, 9.17) is 0 Å². The monoisotopic (exact) mass is 562 g/mol. The van der Waals surface area contributed by atoms with Crippen molar-refractivity contribution in [1.29, 1.82) is 0 Å². The highest BCUT2D eigenvalue weighted by Crippen LogP contribution is 2.57. The molecule has 0 spiro atoms. The lowest BCUT2D eigenvalue weighted by atomic mass is 9.67. The first kappa shape index (κ1) is 29.5. The molecule has 4 heteroatoms. The maximum Gasteiger partial charge on any atom is 0.159 e. The molecule has 0 amide bonds. The van der Waals surface area contributed by atoms with Gasteiger partial charge in [-0.25, -0.2) is 19.9 Å². The first-order valence-electron chi connectivity index (χ1n) is 15.1. The summed E-state index contributed by atoms with van der Waals surface area (Å²) in [6.45, 7) is 12.0. The quantitative estimate of drug-likeness (QED) is 0.214. The Morgan fingerprint density at radius 2 is 0.791 bits per heavy atom. The fourth-order valence-corrected chi connectivity index (χ4v) is 5.85. The van der Waals surface area contributed by atoms with Gasteiger partial charge in [-0.15, -0.1) is 0 Å². The fraction of sp³-hybridized carbons (Fsp3) is 0.179. The van der Waals surface area contributed by atoms with Gasteiger partial charge < -0.3 is 0 Å². The molecule has 43 heavy (non-hydrogen) atoms. The van der Waals surface area contributed by atoms with Crippen LogP contribution < -0.4 is 0 Å². The molecule has 1 aliphatic rings. The molecular weight excluding hydrogens is 524 g/mol. The molecule has 0 saturated carbocycles. The zero-order chi connectivity index (χ0) is 30.4. The van der Waals surface area contributed by atoms with Crippen molar-refractivity contribution in [3.63, 3.8) is 0 Å². The van der Waals surface area contributed by atoms with Crippen LogP contribution in [0.5, 0.6) is 0 Å². The van der Waals surface area contributed by atoms with Gasteiger partial charge in [0.15, 0.2) is 11.6 Å². The first-order valence-corrected chi connectivity index (χ1v) is 15.1. The Bertz CT molecular complexity index is 1660. The molecule has 0 bridgehead atoms. The molecule has 0 unspecified atom stereocenters. The summed E-state index contributed by atoms with van der Waals surface area (Å²) in [6.07, 6.45) is 7.50. The highest BCUT2D eigenvalue weighted by molar-refractivity contribution is 5.89. The molecular formula is C39H38N4. The van der Waals surface area contributed by atoms with Gasteiger partial charge in [-0.1, -0.05) is 113 Å². The summed E-state index contributed by atoms with van der Waals surface area (Å²) in [6, 6.07) is 34.8. The van der Waals surface area contributed by atoms with Crippen LogP contribution in [0.3, 0.4) is 0 Å². The number of aryl methyl sites for hydroxylation is 2. The van der Waals surface area contributed by atoms with Crippen molar-refractivity contribution in [2.45, 2.75) is 47.0 Å². The third-order valence-corrected chi connectivity index (χ3v) is 7.63. The van der Waals surface area contributed by atoms with Gasteiger partial charge >= 0.3 is 0 Å². The maximum atomic E-state index is 4.65. The van der Waals surface area contributed by atoms with E-state index in [1.807, 2.05) is 66.3 Å². The lowest BCUT2D eigenvalue weighted by Crippen LogP contribution is -2.28. The number of benzene rings is 4. The predicted molar refractivity (Wildman–Crippen MR) is 178 cm³/mol. The second kappa shape index (κ2) is 12.9. The van der Waals surface area contributed by atoms with Crippen LogP contribution in [0.15, 0.2) is 122 Å². The highest BCUT2D eigenvalue weighted by Gasteiger charge is 2.46. The van der Waals surface area contributed by atoms with E-state index in [-0.39, 0.29) is 0 Å². The standard InChI is InChI=1S/C35H26N4.2C2H6/c1-23-19-36-33(37-20-23)25-13-15-29-30-16-14-26(34-38-21-24(2)22-39-34)18-32(30)35(31(29)17-25,27-9-5-3-6-10-27)28-11-7-4-8-12-28;2*1-2/h3-22H,1-2H3;2*1-2H3. The van der Waals surface area contributed by atoms with Crippen LogP contribution in [-0.4, -0.2) is 19.9 Å². The van der Waals surface area contributed by atoms with Crippen LogP contribution >= 0.6 is 0 Å². The van der Waals surface area contributed by atoms with Crippen LogP contribution in [0.1, 0.15) is 61.1 Å². The summed E-state index contributed by atoms with van der Waals surface area (Å²) in [5.41, 5.74) is 10.8. The van der Waals surface area contributed by atoms with Crippen molar-refractivity contribution >= 4 is 0 Å². The fourth-order valence-electron chi connectivity index (χ4n) is 5.85. The normalized spacial score (nSPS) is 12.1. The van der Waals surface area contributed by atoms with Crippen molar-refractivity contribution in [3.8, 4) is 33.9 Å². The van der Waals surface area contributed by atoms with Gasteiger partial charge in [0.05, 0.1) is 5.41 Å². The minimum Gasteiger partial charge on any atom is -0.236 e. The maximum absolute atomic E-state index is 4.65. The number of fused-ring (bicyclic) bond motifs is 3. The topological polar surface area (TPSA) is 51.6 Å². The van der Waals surface area contributed by atoms with Gasteiger partial charge in [0.25, 0.3) is 0 Å². The number of rotatable bonds is 4. The van der Waals surface area contributed by atoms with Gasteiger partial charge in [-0.3, -0.25) is 0 Å². The van der Waals surface area contributed by atoms with Gasteiger partial charge in [0.1, 0.15) is 0 Å².